The van der Waals surface area contributed by atoms with E-state index in [0.717, 1.165) is 30.5 Å². The third-order valence-electron chi connectivity index (χ3n) is 2.83. The standard InChI is InChI=1S/C11H17ClN4O2S/c1-7-9(12)15-11(8-3-4-8)16-10(7)13-5-6-14-19(2,17)18/h8,14H,3-6H2,1-2H3,(H,13,15,16). The smallest absolute Gasteiger partial charge is 0.208 e. The highest BCUT2D eigenvalue weighted by atomic mass is 35.5. The van der Waals surface area contributed by atoms with Crippen molar-refractivity contribution in [1.82, 2.24) is 14.7 Å². The van der Waals surface area contributed by atoms with E-state index in [1.165, 1.54) is 0 Å². The highest BCUT2D eigenvalue weighted by Crippen LogP contribution is 2.39. The Labute approximate surface area is 118 Å². The van der Waals surface area contributed by atoms with Crippen LogP contribution in [-0.4, -0.2) is 37.7 Å². The average molecular weight is 305 g/mol. The fourth-order valence-electron chi connectivity index (χ4n) is 1.62. The number of nitrogens with zero attached hydrogens (tertiary/aromatic N) is 2. The van der Waals surface area contributed by atoms with E-state index in [1.807, 2.05) is 6.92 Å². The summed E-state index contributed by atoms with van der Waals surface area (Å²) in [6.07, 6.45) is 3.34. The lowest BCUT2D eigenvalue weighted by molar-refractivity contribution is 0.589. The van der Waals surface area contributed by atoms with Gasteiger partial charge in [0, 0.05) is 24.6 Å². The number of hydrogen-bond donors (Lipinski definition) is 2. The molecular formula is C11H17ClN4O2S. The van der Waals surface area contributed by atoms with Crippen LogP contribution in [0.5, 0.6) is 0 Å². The van der Waals surface area contributed by atoms with Gasteiger partial charge in [0.25, 0.3) is 0 Å². The van der Waals surface area contributed by atoms with Gasteiger partial charge in [-0.05, 0) is 19.8 Å². The highest BCUT2D eigenvalue weighted by Gasteiger charge is 2.27. The van der Waals surface area contributed by atoms with Gasteiger partial charge >= 0.3 is 0 Å². The fraction of sp³-hybridized carbons (Fsp3) is 0.636. The monoisotopic (exact) mass is 304 g/mol. The number of aromatic nitrogens is 2. The summed E-state index contributed by atoms with van der Waals surface area (Å²) in [5, 5.41) is 3.54. The van der Waals surface area contributed by atoms with Crippen molar-refractivity contribution < 1.29 is 8.42 Å². The first kappa shape index (κ1) is 14.5. The summed E-state index contributed by atoms with van der Waals surface area (Å²) < 4.78 is 24.3. The predicted molar refractivity (Wildman–Crippen MR) is 75.1 cm³/mol. The van der Waals surface area contributed by atoms with Crippen LogP contribution in [0.3, 0.4) is 0 Å². The molecule has 1 saturated carbocycles. The Morgan fingerprint density at radius 2 is 2.00 bits per heavy atom. The van der Waals surface area contributed by atoms with Gasteiger partial charge in [-0.15, -0.1) is 0 Å². The zero-order chi connectivity index (χ0) is 14.0. The van der Waals surface area contributed by atoms with Crippen LogP contribution in [0.25, 0.3) is 0 Å². The largest absolute Gasteiger partial charge is 0.368 e. The van der Waals surface area contributed by atoms with E-state index in [9.17, 15) is 8.42 Å². The quantitative estimate of drug-likeness (QED) is 0.611. The van der Waals surface area contributed by atoms with E-state index in [4.69, 9.17) is 11.6 Å². The van der Waals surface area contributed by atoms with Crippen molar-refractivity contribution >= 4 is 27.4 Å². The second-order valence-electron chi connectivity index (χ2n) is 4.71. The third kappa shape index (κ3) is 4.29. The highest BCUT2D eigenvalue weighted by molar-refractivity contribution is 7.88. The molecule has 0 atom stereocenters. The van der Waals surface area contributed by atoms with Crippen molar-refractivity contribution in [3.8, 4) is 0 Å². The molecule has 1 heterocycles. The van der Waals surface area contributed by atoms with E-state index in [-0.39, 0.29) is 0 Å². The lowest BCUT2D eigenvalue weighted by Gasteiger charge is -2.11. The normalized spacial score (nSPS) is 15.5. The summed E-state index contributed by atoms with van der Waals surface area (Å²) in [5.41, 5.74) is 0.783. The molecule has 1 fully saturated rings. The molecule has 0 bridgehead atoms. The van der Waals surface area contributed by atoms with Gasteiger partial charge in [0.2, 0.25) is 10.0 Å². The fourth-order valence-corrected chi connectivity index (χ4v) is 2.27. The Morgan fingerprint density at radius 3 is 2.58 bits per heavy atom. The summed E-state index contributed by atoms with van der Waals surface area (Å²) in [7, 11) is -3.16. The van der Waals surface area contributed by atoms with E-state index in [1.54, 1.807) is 0 Å². The molecule has 2 N–H and O–H groups in total. The van der Waals surface area contributed by atoms with Crippen LogP contribution >= 0.6 is 11.6 Å². The molecule has 8 heteroatoms. The van der Waals surface area contributed by atoms with E-state index < -0.39 is 10.0 Å². The second kappa shape index (κ2) is 5.60. The minimum absolute atomic E-state index is 0.304. The molecule has 1 aliphatic carbocycles. The number of halogens is 1. The molecule has 2 rings (SSSR count). The Balaban J connectivity index is 1.99. The first-order valence-corrected chi connectivity index (χ1v) is 8.36. The maximum atomic E-state index is 10.9. The van der Waals surface area contributed by atoms with Gasteiger partial charge in [0.05, 0.1) is 6.26 Å². The van der Waals surface area contributed by atoms with Crippen molar-refractivity contribution in [3.05, 3.63) is 16.5 Å². The lowest BCUT2D eigenvalue weighted by Crippen LogP contribution is -2.28. The van der Waals surface area contributed by atoms with Gasteiger partial charge in [-0.25, -0.2) is 23.1 Å². The molecule has 1 aromatic heterocycles. The number of nitrogens with one attached hydrogen (secondary N) is 2. The molecule has 1 aliphatic rings. The predicted octanol–water partition coefficient (Wildman–Crippen LogP) is 1.28. The molecule has 0 aliphatic heterocycles. The molecule has 19 heavy (non-hydrogen) atoms. The Hall–Kier alpha value is -0.920. The topological polar surface area (TPSA) is 84.0 Å². The molecule has 0 spiro atoms. The summed E-state index contributed by atoms with van der Waals surface area (Å²) >= 11 is 6.07. The van der Waals surface area contributed by atoms with Gasteiger partial charge in [-0.3, -0.25) is 0 Å². The van der Waals surface area contributed by atoms with Gasteiger partial charge < -0.3 is 5.32 Å². The van der Waals surface area contributed by atoms with Gasteiger partial charge in [0.15, 0.2) is 0 Å². The zero-order valence-corrected chi connectivity index (χ0v) is 12.5. The molecule has 0 amide bonds. The first-order valence-electron chi connectivity index (χ1n) is 6.09. The SMILES string of the molecule is Cc1c(Cl)nc(C2CC2)nc1NCCNS(C)(=O)=O. The van der Waals surface area contributed by atoms with Gasteiger partial charge in [-0.2, -0.15) is 0 Å². The van der Waals surface area contributed by atoms with Gasteiger partial charge in [-0.1, -0.05) is 11.6 Å². The summed E-state index contributed by atoms with van der Waals surface area (Å²) in [5.74, 6) is 1.87. The zero-order valence-electron chi connectivity index (χ0n) is 10.9. The summed E-state index contributed by atoms with van der Waals surface area (Å²) in [6.45, 7) is 2.59. The molecular weight excluding hydrogens is 288 g/mol. The van der Waals surface area contributed by atoms with E-state index in [0.29, 0.717) is 30.0 Å². The summed E-state index contributed by atoms with van der Waals surface area (Å²) in [6, 6.07) is 0. The van der Waals surface area contributed by atoms with Crippen molar-refractivity contribution in [3.63, 3.8) is 0 Å². The van der Waals surface area contributed by atoms with Crippen molar-refractivity contribution in [2.24, 2.45) is 0 Å². The van der Waals surface area contributed by atoms with Crippen LogP contribution < -0.4 is 10.0 Å². The number of rotatable bonds is 6. The minimum Gasteiger partial charge on any atom is -0.368 e. The molecule has 0 saturated heterocycles. The Morgan fingerprint density at radius 1 is 1.32 bits per heavy atom. The van der Waals surface area contributed by atoms with Crippen LogP contribution in [0.15, 0.2) is 0 Å². The molecule has 0 radical (unpaired) electrons. The van der Waals surface area contributed by atoms with Crippen LogP contribution in [0.1, 0.15) is 30.1 Å². The van der Waals surface area contributed by atoms with Crippen molar-refractivity contribution in [2.45, 2.75) is 25.7 Å². The molecule has 1 aromatic rings. The minimum atomic E-state index is -3.16. The molecule has 6 nitrogen and oxygen atoms in total. The molecule has 0 aromatic carbocycles. The molecule has 0 unspecified atom stereocenters. The van der Waals surface area contributed by atoms with Crippen molar-refractivity contribution in [1.29, 1.82) is 0 Å². The number of sulfonamides is 1. The van der Waals surface area contributed by atoms with Crippen LogP contribution in [0.2, 0.25) is 5.15 Å². The number of anilines is 1. The number of hydrogen-bond acceptors (Lipinski definition) is 5. The van der Waals surface area contributed by atoms with Crippen LogP contribution in [0, 0.1) is 6.92 Å². The van der Waals surface area contributed by atoms with Crippen LogP contribution in [-0.2, 0) is 10.0 Å². The first-order chi connectivity index (χ1) is 8.87. The van der Waals surface area contributed by atoms with Crippen molar-refractivity contribution in [2.75, 3.05) is 24.7 Å². The maximum absolute atomic E-state index is 10.9. The van der Waals surface area contributed by atoms with Crippen LogP contribution in [0.4, 0.5) is 5.82 Å². The van der Waals surface area contributed by atoms with Gasteiger partial charge in [0.1, 0.15) is 16.8 Å². The Bertz CT molecular complexity index is 572. The third-order valence-corrected chi connectivity index (χ3v) is 3.92. The lowest BCUT2D eigenvalue weighted by atomic mass is 10.3. The second-order valence-corrected chi connectivity index (χ2v) is 6.90. The maximum Gasteiger partial charge on any atom is 0.208 e. The van der Waals surface area contributed by atoms with E-state index in [2.05, 4.69) is 20.0 Å². The average Bonchev–Trinajstić information content (AvgIpc) is 3.12. The summed E-state index contributed by atoms with van der Waals surface area (Å²) in [4.78, 5) is 8.71. The Kier molecular flexibility index (Phi) is 4.27. The molecule has 106 valence electrons. The van der Waals surface area contributed by atoms with E-state index >= 15 is 0 Å².